The van der Waals surface area contributed by atoms with Crippen LogP contribution in [0.25, 0.3) is 0 Å². The van der Waals surface area contributed by atoms with E-state index in [-0.39, 0.29) is 18.9 Å². The molecule has 2 rings (SSSR count). The summed E-state index contributed by atoms with van der Waals surface area (Å²) in [6.07, 6.45) is 7.12. The Labute approximate surface area is 105 Å². The summed E-state index contributed by atoms with van der Waals surface area (Å²) in [6, 6.07) is 10.9. The first-order chi connectivity index (χ1) is 6.45. The van der Waals surface area contributed by atoms with E-state index in [1.54, 1.807) is 4.46 Å². The van der Waals surface area contributed by atoms with Gasteiger partial charge < -0.3 is 0 Å². The van der Waals surface area contributed by atoms with Crippen molar-refractivity contribution >= 4 is 19.4 Å². The van der Waals surface area contributed by atoms with Crippen molar-refractivity contribution in [3.05, 3.63) is 35.1 Å². The third-order valence-electron chi connectivity index (χ3n) is 2.42. The molecule has 1 aliphatic carbocycles. The third kappa shape index (κ3) is 3.83. The molecular formula is C12H15LiSe. The van der Waals surface area contributed by atoms with Crippen LogP contribution in [-0.4, -0.2) is 15.0 Å². The summed E-state index contributed by atoms with van der Waals surface area (Å²) in [7, 11) is 0. The Morgan fingerprint density at radius 1 is 0.929 bits per heavy atom. The molecule has 0 amide bonds. The minimum absolute atomic E-state index is 0. The molecule has 0 atom stereocenters. The molecule has 1 saturated carbocycles. The summed E-state index contributed by atoms with van der Waals surface area (Å²) in [5, 5.41) is 0. The Kier molecular flexibility index (Phi) is 5.98. The fourth-order valence-corrected chi connectivity index (χ4v) is 4.05. The molecule has 0 aliphatic heterocycles. The quantitative estimate of drug-likeness (QED) is 0.487. The van der Waals surface area contributed by atoms with Crippen LogP contribution in [0, 0.1) is 4.82 Å². The number of benzene rings is 1. The van der Waals surface area contributed by atoms with Gasteiger partial charge in [0.2, 0.25) is 0 Å². The molecule has 0 nitrogen and oxygen atoms in total. The molecule has 0 unspecified atom stereocenters. The van der Waals surface area contributed by atoms with E-state index in [4.69, 9.17) is 0 Å². The molecule has 0 heterocycles. The van der Waals surface area contributed by atoms with Gasteiger partial charge in [-0.15, -0.1) is 0 Å². The third-order valence-corrected chi connectivity index (χ3v) is 4.94. The molecule has 0 spiro atoms. The van der Waals surface area contributed by atoms with Crippen LogP contribution in [0.3, 0.4) is 0 Å². The predicted octanol–water partition coefficient (Wildman–Crippen LogP) is -0.484. The molecule has 1 aromatic rings. The molecular weight excluding hydrogens is 230 g/mol. The van der Waals surface area contributed by atoms with Gasteiger partial charge in [-0.25, -0.2) is 0 Å². The van der Waals surface area contributed by atoms with Gasteiger partial charge in [-0.1, -0.05) is 0 Å². The van der Waals surface area contributed by atoms with Crippen LogP contribution in [0.15, 0.2) is 30.3 Å². The zero-order valence-corrected chi connectivity index (χ0v) is 10.5. The maximum atomic E-state index is 2.27. The van der Waals surface area contributed by atoms with Crippen molar-refractivity contribution in [2.75, 3.05) is 0 Å². The van der Waals surface area contributed by atoms with Gasteiger partial charge in [-0.2, -0.15) is 0 Å². The topological polar surface area (TPSA) is 0 Å². The van der Waals surface area contributed by atoms with E-state index in [0.717, 1.165) is 0 Å². The molecule has 14 heavy (non-hydrogen) atoms. The second-order valence-electron chi connectivity index (χ2n) is 3.51. The van der Waals surface area contributed by atoms with Crippen molar-refractivity contribution in [2.45, 2.75) is 32.1 Å². The molecule has 0 bridgehead atoms. The van der Waals surface area contributed by atoms with E-state index < -0.39 is 0 Å². The molecule has 0 saturated heterocycles. The molecule has 1 fully saturated rings. The van der Waals surface area contributed by atoms with Crippen molar-refractivity contribution < 1.29 is 18.9 Å². The average molecular weight is 245 g/mol. The van der Waals surface area contributed by atoms with Gasteiger partial charge in [-0.3, -0.25) is 0 Å². The normalized spacial score (nSPS) is 17.4. The zero-order chi connectivity index (χ0) is 8.93. The average Bonchev–Trinajstić information content (AvgIpc) is 2.21. The van der Waals surface area contributed by atoms with Crippen LogP contribution in [0.5, 0.6) is 0 Å². The minimum atomic E-state index is 0. The summed E-state index contributed by atoms with van der Waals surface area (Å²) in [5.74, 6) is 0. The fraction of sp³-hybridized carbons (Fsp3) is 0.417. The first-order valence-corrected chi connectivity index (χ1v) is 6.74. The monoisotopic (exact) mass is 246 g/mol. The van der Waals surface area contributed by atoms with E-state index in [9.17, 15) is 0 Å². The Balaban J connectivity index is 0.000000980. The van der Waals surface area contributed by atoms with E-state index in [1.807, 2.05) is 4.82 Å². The molecule has 1 aliphatic rings. The van der Waals surface area contributed by atoms with Crippen LogP contribution >= 0.6 is 0 Å². The number of hydrogen-bond donors (Lipinski definition) is 0. The summed E-state index contributed by atoms with van der Waals surface area (Å²) in [6.45, 7) is 0. The molecule has 2 heteroatoms. The molecule has 0 aromatic heterocycles. The Morgan fingerprint density at radius 2 is 1.57 bits per heavy atom. The van der Waals surface area contributed by atoms with Gasteiger partial charge in [0, 0.05) is 0 Å². The van der Waals surface area contributed by atoms with Crippen LogP contribution in [0.4, 0.5) is 0 Å². The summed E-state index contributed by atoms with van der Waals surface area (Å²) in [5.41, 5.74) is 0. The second kappa shape index (κ2) is 6.75. The van der Waals surface area contributed by atoms with E-state index in [1.165, 1.54) is 32.1 Å². The van der Waals surface area contributed by atoms with Crippen molar-refractivity contribution in [1.29, 1.82) is 0 Å². The van der Waals surface area contributed by atoms with Gasteiger partial charge in [0.25, 0.3) is 0 Å². The second-order valence-corrected chi connectivity index (χ2v) is 6.14. The van der Waals surface area contributed by atoms with Gasteiger partial charge in [-0.05, 0) is 0 Å². The zero-order valence-electron chi connectivity index (χ0n) is 8.83. The number of hydrogen-bond acceptors (Lipinski definition) is 0. The first-order valence-electron chi connectivity index (χ1n) is 5.03. The van der Waals surface area contributed by atoms with E-state index >= 15 is 0 Å². The molecule has 1 aromatic carbocycles. The van der Waals surface area contributed by atoms with Crippen molar-refractivity contribution in [3.8, 4) is 0 Å². The SMILES string of the molecule is [Li+].c1ccc([Se][C-]2CCCCC2)cc1. The Morgan fingerprint density at radius 3 is 2.21 bits per heavy atom. The van der Waals surface area contributed by atoms with Crippen LogP contribution in [-0.2, 0) is 0 Å². The van der Waals surface area contributed by atoms with Gasteiger partial charge in [0.05, 0.1) is 0 Å². The van der Waals surface area contributed by atoms with Crippen LogP contribution < -0.4 is 23.3 Å². The molecule has 0 N–H and O–H groups in total. The summed E-state index contributed by atoms with van der Waals surface area (Å²) in [4.78, 5) is 1.82. The van der Waals surface area contributed by atoms with Gasteiger partial charge >= 0.3 is 106 Å². The fourth-order valence-electron chi connectivity index (χ4n) is 1.70. The predicted molar refractivity (Wildman–Crippen MR) is 58.2 cm³/mol. The molecule has 70 valence electrons. The maximum absolute atomic E-state index is 2.27. The van der Waals surface area contributed by atoms with Gasteiger partial charge in [0.1, 0.15) is 0 Å². The van der Waals surface area contributed by atoms with E-state index in [2.05, 4.69) is 30.3 Å². The van der Waals surface area contributed by atoms with Crippen molar-refractivity contribution in [3.63, 3.8) is 0 Å². The standard InChI is InChI=1S/C12H15Se.Li/c1-3-7-11(8-4-1)13-12-9-5-2-6-10-12;/h1,3-4,7-8H,2,5-6,9-10H2;/q-1;+1. The summed E-state index contributed by atoms with van der Waals surface area (Å²) < 4.78 is 1.55. The number of rotatable bonds is 2. The first kappa shape index (κ1) is 12.4. The van der Waals surface area contributed by atoms with Crippen LogP contribution in [0.2, 0.25) is 0 Å². The Hall–Kier alpha value is 0.337. The Bertz CT molecular complexity index is 242. The molecule has 0 radical (unpaired) electrons. The van der Waals surface area contributed by atoms with Crippen LogP contribution in [0.1, 0.15) is 32.1 Å². The van der Waals surface area contributed by atoms with Crippen molar-refractivity contribution in [2.24, 2.45) is 0 Å². The van der Waals surface area contributed by atoms with Crippen molar-refractivity contribution in [1.82, 2.24) is 0 Å². The van der Waals surface area contributed by atoms with Gasteiger partial charge in [0.15, 0.2) is 0 Å². The summed E-state index contributed by atoms with van der Waals surface area (Å²) >= 11 is 0.654. The van der Waals surface area contributed by atoms with E-state index in [0.29, 0.717) is 15.0 Å².